The molecule has 0 bridgehead atoms. The van der Waals surface area contributed by atoms with E-state index in [4.69, 9.17) is 18.9 Å². The summed E-state index contributed by atoms with van der Waals surface area (Å²) >= 11 is 0. The van der Waals surface area contributed by atoms with E-state index in [1.54, 1.807) is 0 Å². The molecule has 69 heavy (non-hydrogen) atoms. The van der Waals surface area contributed by atoms with Gasteiger partial charge in [0.05, 0.1) is 44.2 Å². The number of hydrogen-bond donors (Lipinski definition) is 11. The van der Waals surface area contributed by atoms with Gasteiger partial charge in [0.15, 0.2) is 6.29 Å². The van der Waals surface area contributed by atoms with Crippen molar-refractivity contribution in [2.45, 2.75) is 293 Å². The van der Waals surface area contributed by atoms with Gasteiger partial charge in [-0.1, -0.05) is 188 Å². The number of hydrogen-bond acceptors (Lipinski definition) is 15. The first-order chi connectivity index (χ1) is 33.2. The van der Waals surface area contributed by atoms with Gasteiger partial charge in [-0.3, -0.25) is 4.79 Å². The molecule has 17 heteroatoms. The van der Waals surface area contributed by atoms with E-state index >= 15 is 0 Å². The van der Waals surface area contributed by atoms with Gasteiger partial charge in [-0.25, -0.2) is 4.79 Å². The van der Waals surface area contributed by atoms with Gasteiger partial charge in [-0.05, 0) is 12.8 Å². The second kappa shape index (κ2) is 37.2. The molecule has 2 aliphatic heterocycles. The lowest BCUT2D eigenvalue weighted by Crippen LogP contribution is -2.67. The van der Waals surface area contributed by atoms with Crippen LogP contribution in [-0.2, 0) is 28.5 Å². The molecule has 0 aromatic heterocycles. The summed E-state index contributed by atoms with van der Waals surface area (Å²) in [6.07, 6.45) is 12.4. The van der Waals surface area contributed by atoms with Crippen molar-refractivity contribution in [2.75, 3.05) is 19.8 Å². The molecule has 408 valence electrons. The van der Waals surface area contributed by atoms with Crippen molar-refractivity contribution in [3.05, 3.63) is 0 Å². The molecule has 0 spiro atoms. The van der Waals surface area contributed by atoms with Gasteiger partial charge >= 0.3 is 5.97 Å². The SMILES string of the molecule is CCCCCCCCCCCCCCCCCC(=O)N[C@@H](CO[C@@H]1OC(CO)[C@H](O)[C@H](O[C@]2(C(=O)O)CC(O)[C@H](C)[C@H]([C@H](O)[C@H](O)CO)O2)C1O)[C@H](O)[C@H](O)CCCCCCCCCCCCCC. The molecule has 0 aliphatic carbocycles. The van der Waals surface area contributed by atoms with E-state index < -0.39 is 117 Å². The number of carbonyl (C=O) groups excluding carboxylic acids is 1. The summed E-state index contributed by atoms with van der Waals surface area (Å²) in [5.41, 5.74) is 0. The van der Waals surface area contributed by atoms with E-state index in [0.29, 0.717) is 12.8 Å². The van der Waals surface area contributed by atoms with Crippen LogP contribution < -0.4 is 5.32 Å². The molecule has 0 radical (unpaired) electrons. The highest BCUT2D eigenvalue weighted by Gasteiger charge is 2.58. The molecule has 14 atom stereocenters. The largest absolute Gasteiger partial charge is 0.477 e. The molecule has 0 aromatic rings. The molecule has 17 nitrogen and oxygen atoms in total. The number of carboxylic acid groups (broad SMARTS) is 1. The van der Waals surface area contributed by atoms with Crippen LogP contribution in [0.4, 0.5) is 0 Å². The fourth-order valence-corrected chi connectivity index (χ4v) is 9.57. The predicted octanol–water partition coefficient (Wildman–Crippen LogP) is 5.67. The maximum absolute atomic E-state index is 13.3. The fraction of sp³-hybridized carbons (Fsp3) is 0.962. The third-order valence-electron chi connectivity index (χ3n) is 14.3. The minimum atomic E-state index is -2.82. The van der Waals surface area contributed by atoms with Gasteiger partial charge in [0, 0.05) is 18.8 Å². The lowest BCUT2D eigenvalue weighted by Gasteiger charge is -2.49. The normalized spacial score (nSPS) is 27.4. The Morgan fingerprint density at radius 3 is 1.58 bits per heavy atom. The second-order valence-electron chi connectivity index (χ2n) is 20.2. The van der Waals surface area contributed by atoms with E-state index in [1.807, 2.05) is 0 Å². The van der Waals surface area contributed by atoms with Crippen LogP contribution in [-0.4, -0.2) is 162 Å². The van der Waals surface area contributed by atoms with Crippen LogP contribution in [0.5, 0.6) is 0 Å². The first-order valence-corrected chi connectivity index (χ1v) is 27.3. The summed E-state index contributed by atoms with van der Waals surface area (Å²) in [5.74, 6) is -5.97. The highest BCUT2D eigenvalue weighted by Crippen LogP contribution is 2.39. The first kappa shape index (κ1) is 63.5. The number of aliphatic hydroxyl groups is 9. The average Bonchev–Trinajstić information content (AvgIpc) is 3.33. The van der Waals surface area contributed by atoms with E-state index in [1.165, 1.54) is 116 Å². The molecule has 2 heterocycles. The predicted molar refractivity (Wildman–Crippen MR) is 262 cm³/mol. The quantitative estimate of drug-likeness (QED) is 0.0329. The summed E-state index contributed by atoms with van der Waals surface area (Å²) in [6.45, 7) is 3.60. The lowest BCUT2D eigenvalue weighted by atomic mass is 9.84. The summed E-state index contributed by atoms with van der Waals surface area (Å²) in [5, 5.41) is 110. The second-order valence-corrected chi connectivity index (χ2v) is 20.2. The molecule has 2 aliphatic rings. The highest BCUT2D eigenvalue weighted by molar-refractivity contribution is 5.76. The Labute approximate surface area is 414 Å². The maximum Gasteiger partial charge on any atom is 0.364 e. The van der Waals surface area contributed by atoms with Crippen LogP contribution in [0, 0.1) is 5.92 Å². The molecule has 0 aromatic carbocycles. The Balaban J connectivity index is 2.06. The van der Waals surface area contributed by atoms with Crippen molar-refractivity contribution in [1.29, 1.82) is 0 Å². The lowest BCUT2D eigenvalue weighted by molar-refractivity contribution is -0.373. The summed E-state index contributed by atoms with van der Waals surface area (Å²) in [6, 6.07) is -1.19. The summed E-state index contributed by atoms with van der Waals surface area (Å²) in [4.78, 5) is 26.2. The Hall–Kier alpha value is -1.58. The van der Waals surface area contributed by atoms with Crippen molar-refractivity contribution in [3.8, 4) is 0 Å². The molecule has 2 fully saturated rings. The number of aliphatic carboxylic acids is 1. The number of aliphatic hydroxyl groups excluding tert-OH is 9. The van der Waals surface area contributed by atoms with Gasteiger partial charge in [-0.15, -0.1) is 0 Å². The number of amides is 1. The van der Waals surface area contributed by atoms with Crippen LogP contribution in [0.1, 0.15) is 213 Å². The van der Waals surface area contributed by atoms with Crippen molar-refractivity contribution in [1.82, 2.24) is 5.32 Å². The van der Waals surface area contributed by atoms with Crippen LogP contribution in [0.25, 0.3) is 0 Å². The number of ether oxygens (including phenoxy) is 4. The topological polar surface area (TPSA) is 285 Å². The zero-order chi connectivity index (χ0) is 51.0. The summed E-state index contributed by atoms with van der Waals surface area (Å²) in [7, 11) is 0. The van der Waals surface area contributed by atoms with Crippen LogP contribution in [0.15, 0.2) is 0 Å². The molecular formula is C52H99NO16. The zero-order valence-corrected chi connectivity index (χ0v) is 42.8. The van der Waals surface area contributed by atoms with E-state index in [2.05, 4.69) is 19.2 Å². The monoisotopic (exact) mass is 994 g/mol. The number of carbonyl (C=O) groups is 2. The van der Waals surface area contributed by atoms with E-state index in [-0.39, 0.29) is 18.7 Å². The Morgan fingerprint density at radius 1 is 0.667 bits per heavy atom. The minimum absolute atomic E-state index is 0.167. The Bertz CT molecular complexity index is 1300. The van der Waals surface area contributed by atoms with Gasteiger partial charge in [-0.2, -0.15) is 0 Å². The van der Waals surface area contributed by atoms with Crippen molar-refractivity contribution >= 4 is 11.9 Å². The first-order valence-electron chi connectivity index (χ1n) is 27.3. The highest BCUT2D eigenvalue weighted by atomic mass is 16.8. The smallest absolute Gasteiger partial charge is 0.364 e. The molecule has 1 amide bonds. The van der Waals surface area contributed by atoms with Crippen molar-refractivity contribution in [2.24, 2.45) is 5.92 Å². The third-order valence-corrected chi connectivity index (χ3v) is 14.3. The van der Waals surface area contributed by atoms with Gasteiger partial charge in [0.2, 0.25) is 5.91 Å². The zero-order valence-electron chi connectivity index (χ0n) is 42.8. The van der Waals surface area contributed by atoms with Gasteiger partial charge < -0.3 is 75.3 Å². The molecule has 3 unspecified atom stereocenters. The van der Waals surface area contributed by atoms with Crippen LogP contribution >= 0.6 is 0 Å². The summed E-state index contributed by atoms with van der Waals surface area (Å²) < 4.78 is 23.1. The standard InChI is InChI=1S/C52H99NO16/c1-4-6-8-10-12-14-16-18-19-20-22-24-26-28-30-32-43(59)53-38(44(60)39(56)31-29-27-25-23-21-17-15-13-11-9-7-5-2)36-66-50-47(63)49(46(62)42(35-55)67-50)69-52(51(64)65)33-40(57)37(3)48(68-52)45(61)41(58)34-54/h37-42,44-50,54-58,60-63H,4-36H2,1-3H3,(H,53,59)(H,64,65)/t37-,38-,39+,40?,41+,42?,44-,45+,46-,47?,48+,49-,50+,52-/m0/s1. The molecular weight excluding hydrogens is 895 g/mol. The fourth-order valence-electron chi connectivity index (χ4n) is 9.57. The molecule has 2 saturated heterocycles. The maximum atomic E-state index is 13.3. The minimum Gasteiger partial charge on any atom is -0.477 e. The average molecular weight is 994 g/mol. The Morgan fingerprint density at radius 2 is 1.13 bits per heavy atom. The molecule has 0 saturated carbocycles. The van der Waals surface area contributed by atoms with Crippen molar-refractivity contribution < 1.29 is 79.6 Å². The van der Waals surface area contributed by atoms with E-state index in [0.717, 1.165) is 51.4 Å². The third kappa shape index (κ3) is 23.9. The number of unbranched alkanes of at least 4 members (excludes halogenated alkanes) is 25. The van der Waals surface area contributed by atoms with Crippen LogP contribution in [0.3, 0.4) is 0 Å². The number of nitrogens with one attached hydrogen (secondary N) is 1. The number of rotatable bonds is 42. The van der Waals surface area contributed by atoms with Crippen LogP contribution in [0.2, 0.25) is 0 Å². The van der Waals surface area contributed by atoms with E-state index in [9.17, 15) is 60.7 Å². The Kier molecular flexibility index (Phi) is 34.3. The van der Waals surface area contributed by atoms with Gasteiger partial charge in [0.25, 0.3) is 5.79 Å². The molecule has 2 rings (SSSR count). The molecule has 11 N–H and O–H groups in total. The van der Waals surface area contributed by atoms with Gasteiger partial charge in [0.1, 0.15) is 42.7 Å². The number of carboxylic acids is 1. The van der Waals surface area contributed by atoms with Crippen molar-refractivity contribution in [3.63, 3.8) is 0 Å².